The van der Waals surface area contributed by atoms with E-state index in [0.717, 1.165) is 161 Å². The number of aliphatic hydroxyl groups is 2. The van der Waals surface area contributed by atoms with Gasteiger partial charge in [-0.15, -0.1) is 0 Å². The van der Waals surface area contributed by atoms with Crippen LogP contribution in [0.5, 0.6) is 0 Å². The summed E-state index contributed by atoms with van der Waals surface area (Å²) in [6, 6.07) is 0. The molecule has 0 aliphatic heterocycles. The second-order valence-electron chi connectivity index (χ2n) is 27.5. The molecule has 0 aromatic rings. The van der Waals surface area contributed by atoms with Crippen LogP contribution in [0.25, 0.3) is 0 Å². The summed E-state index contributed by atoms with van der Waals surface area (Å²) in [5.41, 5.74) is 0. The number of carbonyl (C=O) groups excluding carboxylic acids is 3. The summed E-state index contributed by atoms with van der Waals surface area (Å²) in [7, 11) is -9.81. The molecule has 0 aliphatic rings. The standard InChI is InChI=1S/C89H150O16P2/c1-4-7-10-13-16-19-22-25-28-31-33-35-37-39-41-43-45-47-49-52-54-57-60-63-66-69-72-75-87(92)99-78-84(90)79-101-106(95,96)102-80-85(91)81-103-107(97,98)104-83-86(105-89(94)77-74-71-68-65-62-59-56-51-30-27-24-21-18-15-12-9-6-3)82-100-88(93)76-73-70-67-64-61-58-55-53-50-48-46-44-42-40-38-36-34-32-29-26-23-20-17-14-11-8-5-2/h7,9-10,12,16-21,25-30,33-36,39-42,56,59,84-86,90-91H,4-6,8,11,13-15,22-24,31-32,37-38,43-55,57-58,60-83H2,1-3H3,(H,95,96)(H,97,98)/b10-7-,12-9-,19-16-,20-17-,21-18-,28-25-,29-26-,30-27-,35-33-,36-34-,41-39-,42-40-,59-56-. The average molecular weight is 1540 g/mol. The first-order valence-corrected chi connectivity index (χ1v) is 44.8. The quantitative estimate of drug-likeness (QED) is 0.0146. The van der Waals surface area contributed by atoms with Gasteiger partial charge in [-0.05, 0) is 148 Å². The summed E-state index contributed by atoms with van der Waals surface area (Å²) in [5, 5.41) is 20.7. The molecular formula is C89H150O16P2. The van der Waals surface area contributed by atoms with Gasteiger partial charge in [-0.3, -0.25) is 32.5 Å². The summed E-state index contributed by atoms with van der Waals surface area (Å²) >= 11 is 0. The molecule has 0 radical (unpaired) electrons. The van der Waals surface area contributed by atoms with Gasteiger partial charge < -0.3 is 34.2 Å². The zero-order valence-corrected chi connectivity index (χ0v) is 68.8. The minimum absolute atomic E-state index is 0.0719. The summed E-state index contributed by atoms with van der Waals surface area (Å²) in [4.78, 5) is 58.8. The molecule has 18 heteroatoms. The van der Waals surface area contributed by atoms with Gasteiger partial charge in [0.1, 0.15) is 25.4 Å². The molecule has 4 N–H and O–H groups in total. The van der Waals surface area contributed by atoms with Gasteiger partial charge in [-0.1, -0.05) is 320 Å². The number of rotatable bonds is 78. The van der Waals surface area contributed by atoms with Crippen LogP contribution in [0.3, 0.4) is 0 Å². The Balaban J connectivity index is 4.61. The van der Waals surface area contributed by atoms with Gasteiger partial charge in [-0.2, -0.15) is 0 Å². The summed E-state index contributed by atoms with van der Waals surface area (Å²) in [6.45, 7) is 2.41. The van der Waals surface area contributed by atoms with Crippen LogP contribution in [0.4, 0.5) is 0 Å². The molecule has 0 aliphatic carbocycles. The molecule has 0 bridgehead atoms. The van der Waals surface area contributed by atoms with Gasteiger partial charge >= 0.3 is 33.6 Å². The Kier molecular flexibility index (Phi) is 77.0. The fourth-order valence-electron chi connectivity index (χ4n) is 10.9. The van der Waals surface area contributed by atoms with Crippen molar-refractivity contribution in [2.75, 3.05) is 39.6 Å². The zero-order chi connectivity index (χ0) is 78.0. The smallest absolute Gasteiger partial charge is 0.463 e. The van der Waals surface area contributed by atoms with Gasteiger partial charge in [0.05, 0.1) is 26.4 Å². The lowest BCUT2D eigenvalue weighted by Gasteiger charge is -2.21. The maximum atomic E-state index is 13.0. The largest absolute Gasteiger partial charge is 0.472 e. The van der Waals surface area contributed by atoms with Crippen LogP contribution in [0, 0.1) is 0 Å². The van der Waals surface area contributed by atoms with Crippen LogP contribution in [0.1, 0.15) is 329 Å². The van der Waals surface area contributed by atoms with Gasteiger partial charge in [0.2, 0.25) is 0 Å². The number of esters is 3. The van der Waals surface area contributed by atoms with E-state index in [2.05, 4.69) is 179 Å². The van der Waals surface area contributed by atoms with Crippen LogP contribution < -0.4 is 0 Å². The fourth-order valence-corrected chi connectivity index (χ4v) is 12.5. The van der Waals surface area contributed by atoms with Crippen LogP contribution in [-0.4, -0.2) is 95.9 Å². The van der Waals surface area contributed by atoms with Crippen molar-refractivity contribution in [3.8, 4) is 0 Å². The molecular weight excluding hydrogens is 1390 g/mol. The predicted octanol–water partition coefficient (Wildman–Crippen LogP) is 25.0. The van der Waals surface area contributed by atoms with E-state index < -0.39 is 91.5 Å². The highest BCUT2D eigenvalue weighted by atomic mass is 31.2. The van der Waals surface area contributed by atoms with Gasteiger partial charge in [0, 0.05) is 19.3 Å². The van der Waals surface area contributed by atoms with E-state index in [9.17, 15) is 43.5 Å². The summed E-state index contributed by atoms with van der Waals surface area (Å²) < 4.78 is 61.3. The topological polar surface area (TPSA) is 231 Å². The number of ether oxygens (including phenoxy) is 3. The number of hydrogen-bond acceptors (Lipinski definition) is 14. The second-order valence-corrected chi connectivity index (χ2v) is 30.4. The van der Waals surface area contributed by atoms with E-state index in [1.54, 1.807) is 0 Å². The third kappa shape index (κ3) is 82.0. The highest BCUT2D eigenvalue weighted by Crippen LogP contribution is 2.45. The SMILES string of the molecule is CC/C=C\C/C=C\C/C=C\C/C=C\C/C=C\CCCCCCCCCCCCCC(=O)OCC(O)COP(=O)(O)OCC(O)COP(=O)(O)OCC(COC(=O)CCCCCCCCCCCCC/C=C\C/C=C\C/C=C\C/C=C\CCCCC)OC(=O)CCCCCC/C=C\C/C=C\C/C=C\C/C=C\CC. The number of allylic oxidation sites excluding steroid dienone is 26. The molecule has 0 saturated carbocycles. The minimum atomic E-state index is -4.95. The van der Waals surface area contributed by atoms with Crippen LogP contribution >= 0.6 is 15.6 Å². The minimum Gasteiger partial charge on any atom is -0.463 e. The van der Waals surface area contributed by atoms with Crippen LogP contribution in [0.15, 0.2) is 158 Å². The Morgan fingerprint density at radius 2 is 0.495 bits per heavy atom. The lowest BCUT2D eigenvalue weighted by atomic mass is 10.0. The first-order chi connectivity index (χ1) is 52.2. The molecule has 107 heavy (non-hydrogen) atoms. The monoisotopic (exact) mass is 1540 g/mol. The Hall–Kier alpha value is -4.83. The predicted molar refractivity (Wildman–Crippen MR) is 445 cm³/mol. The van der Waals surface area contributed by atoms with E-state index >= 15 is 0 Å². The van der Waals surface area contributed by atoms with Crippen molar-refractivity contribution in [1.82, 2.24) is 0 Å². The first-order valence-electron chi connectivity index (χ1n) is 41.8. The van der Waals surface area contributed by atoms with E-state index in [0.29, 0.717) is 19.3 Å². The fraction of sp³-hybridized carbons (Fsp3) is 0.674. The molecule has 0 heterocycles. The van der Waals surface area contributed by atoms with Gasteiger partial charge in [0.15, 0.2) is 6.10 Å². The lowest BCUT2D eigenvalue weighted by Crippen LogP contribution is -2.30. The number of phosphoric acid groups is 2. The van der Waals surface area contributed by atoms with E-state index in [-0.39, 0.29) is 19.3 Å². The first kappa shape index (κ1) is 102. The molecule has 0 spiro atoms. The molecule has 0 aromatic heterocycles. The van der Waals surface area contributed by atoms with Crippen molar-refractivity contribution >= 4 is 33.6 Å². The summed E-state index contributed by atoms with van der Waals surface area (Å²) in [5.74, 6) is -1.61. The Morgan fingerprint density at radius 1 is 0.271 bits per heavy atom. The van der Waals surface area contributed by atoms with Crippen molar-refractivity contribution in [2.24, 2.45) is 0 Å². The van der Waals surface area contributed by atoms with E-state index in [1.165, 1.54) is 109 Å². The van der Waals surface area contributed by atoms with Crippen LogP contribution in [-0.2, 0) is 55.8 Å². The number of unbranched alkanes of at least 4 members (excludes halogenated alkanes) is 29. The van der Waals surface area contributed by atoms with Crippen molar-refractivity contribution in [3.63, 3.8) is 0 Å². The number of phosphoric ester groups is 2. The maximum absolute atomic E-state index is 13.0. The normalized spacial score (nSPS) is 14.7. The van der Waals surface area contributed by atoms with Crippen molar-refractivity contribution in [2.45, 2.75) is 347 Å². The number of hydrogen-bond donors (Lipinski definition) is 4. The van der Waals surface area contributed by atoms with Gasteiger partial charge in [0.25, 0.3) is 0 Å². The molecule has 0 saturated heterocycles. The van der Waals surface area contributed by atoms with E-state index in [4.69, 9.17) is 32.3 Å². The van der Waals surface area contributed by atoms with Crippen molar-refractivity contribution in [3.05, 3.63) is 158 Å². The number of carbonyl (C=O) groups is 3. The van der Waals surface area contributed by atoms with E-state index in [1.807, 2.05) is 0 Å². The maximum Gasteiger partial charge on any atom is 0.472 e. The second kappa shape index (κ2) is 80.7. The molecule has 16 nitrogen and oxygen atoms in total. The highest BCUT2D eigenvalue weighted by Gasteiger charge is 2.29. The molecule has 0 fully saturated rings. The molecule has 0 amide bonds. The Bertz CT molecular complexity index is 2580. The molecule has 5 unspecified atom stereocenters. The molecule has 612 valence electrons. The lowest BCUT2D eigenvalue weighted by molar-refractivity contribution is -0.161. The van der Waals surface area contributed by atoms with Gasteiger partial charge in [-0.25, -0.2) is 9.13 Å². The highest BCUT2D eigenvalue weighted by molar-refractivity contribution is 7.47. The average Bonchev–Trinajstić information content (AvgIpc) is 0.908. The molecule has 5 atom stereocenters. The molecule has 0 rings (SSSR count). The zero-order valence-electron chi connectivity index (χ0n) is 67.0. The molecule has 0 aromatic carbocycles. The third-order valence-corrected chi connectivity index (χ3v) is 19.1. The van der Waals surface area contributed by atoms with Crippen LogP contribution in [0.2, 0.25) is 0 Å². The third-order valence-electron chi connectivity index (χ3n) is 17.2. The summed E-state index contributed by atoms with van der Waals surface area (Å²) in [6.07, 6.45) is 101. The Labute approximate surface area is 650 Å². The number of aliphatic hydroxyl groups excluding tert-OH is 2. The van der Waals surface area contributed by atoms with Crippen molar-refractivity contribution < 1.29 is 75.8 Å². The van der Waals surface area contributed by atoms with Crippen molar-refractivity contribution in [1.29, 1.82) is 0 Å². The Morgan fingerprint density at radius 3 is 0.785 bits per heavy atom.